The zero-order valence-corrected chi connectivity index (χ0v) is 17.2. The fraction of sp³-hybridized carbons (Fsp3) is 0.0800. The van der Waals surface area contributed by atoms with Crippen LogP contribution in [0.4, 0.5) is 14.9 Å². The number of urea groups is 1. The predicted molar refractivity (Wildman–Crippen MR) is 119 cm³/mol. The summed E-state index contributed by atoms with van der Waals surface area (Å²) in [4.78, 5) is 19.3. The molecule has 2 heterocycles. The molecule has 7 heteroatoms. The summed E-state index contributed by atoms with van der Waals surface area (Å²) in [6.45, 7) is 1.84. The minimum absolute atomic E-state index is 0.289. The van der Waals surface area contributed by atoms with Crippen LogP contribution in [0.1, 0.15) is 24.4 Å². The second-order valence-corrected chi connectivity index (χ2v) is 7.39. The van der Waals surface area contributed by atoms with Crippen molar-refractivity contribution in [3.8, 4) is 11.4 Å². The van der Waals surface area contributed by atoms with Crippen molar-refractivity contribution in [3.63, 3.8) is 0 Å². The predicted octanol–water partition coefficient (Wildman–Crippen LogP) is 5.58. The first-order valence-corrected chi connectivity index (χ1v) is 10.1. The molecule has 1 unspecified atom stereocenters. The number of carbonyl (C=O) groups excluding carboxylic acids is 1. The lowest BCUT2D eigenvalue weighted by Crippen LogP contribution is -2.46. The Labute approximate surface area is 184 Å². The number of rotatable bonds is 4. The first-order chi connectivity index (χ1) is 15.6. The van der Waals surface area contributed by atoms with E-state index in [1.165, 1.54) is 12.1 Å². The molecule has 1 aliphatic heterocycles. The first kappa shape index (κ1) is 19.7. The molecule has 32 heavy (non-hydrogen) atoms. The molecule has 1 N–H and O–H groups in total. The van der Waals surface area contributed by atoms with E-state index in [1.54, 1.807) is 17.0 Å². The molecular formula is C25H19FN4O2. The van der Waals surface area contributed by atoms with Crippen LogP contribution in [0.15, 0.2) is 95.1 Å². The maximum absolute atomic E-state index is 13.6. The van der Waals surface area contributed by atoms with Crippen molar-refractivity contribution >= 4 is 17.3 Å². The summed E-state index contributed by atoms with van der Waals surface area (Å²) in [5.74, 6) is 0.381. The maximum Gasteiger partial charge on any atom is 0.326 e. The van der Waals surface area contributed by atoms with Gasteiger partial charge >= 0.3 is 6.03 Å². The number of anilines is 1. The lowest BCUT2D eigenvalue weighted by Gasteiger charge is -2.35. The van der Waals surface area contributed by atoms with Crippen molar-refractivity contribution < 1.29 is 13.7 Å². The summed E-state index contributed by atoms with van der Waals surface area (Å²) in [6.07, 6.45) is 0. The Morgan fingerprint density at radius 3 is 2.28 bits per heavy atom. The van der Waals surface area contributed by atoms with E-state index < -0.39 is 6.04 Å². The number of aromatic nitrogens is 2. The number of carbonyl (C=O) groups is 1. The van der Waals surface area contributed by atoms with Gasteiger partial charge < -0.3 is 9.84 Å². The second kappa shape index (κ2) is 8.11. The van der Waals surface area contributed by atoms with Crippen molar-refractivity contribution in [3.05, 3.63) is 108 Å². The molecule has 0 radical (unpaired) electrons. The molecule has 0 aliphatic carbocycles. The highest BCUT2D eigenvalue weighted by Crippen LogP contribution is 2.39. The van der Waals surface area contributed by atoms with Crippen molar-refractivity contribution in [2.24, 2.45) is 0 Å². The molecule has 0 bridgehead atoms. The van der Waals surface area contributed by atoms with E-state index in [9.17, 15) is 9.18 Å². The highest BCUT2D eigenvalue weighted by molar-refractivity contribution is 6.01. The minimum Gasteiger partial charge on any atom is -0.334 e. The van der Waals surface area contributed by atoms with E-state index in [0.717, 1.165) is 5.56 Å². The van der Waals surface area contributed by atoms with Crippen LogP contribution in [-0.2, 0) is 0 Å². The lowest BCUT2D eigenvalue weighted by atomic mass is 9.94. The molecule has 0 spiro atoms. The number of nitrogens with zero attached hydrogens (tertiary/aromatic N) is 3. The summed E-state index contributed by atoms with van der Waals surface area (Å²) in [7, 11) is 0. The molecule has 1 aromatic heterocycles. The molecule has 0 saturated heterocycles. The van der Waals surface area contributed by atoms with Crippen LogP contribution in [0.2, 0.25) is 0 Å². The zero-order chi connectivity index (χ0) is 22.1. The lowest BCUT2D eigenvalue weighted by molar-refractivity contribution is 0.244. The van der Waals surface area contributed by atoms with Crippen LogP contribution in [0.25, 0.3) is 17.0 Å². The Bertz CT molecular complexity index is 1280. The van der Waals surface area contributed by atoms with Crippen LogP contribution < -0.4 is 10.2 Å². The summed E-state index contributed by atoms with van der Waals surface area (Å²) in [5.41, 5.74) is 3.53. The van der Waals surface area contributed by atoms with Gasteiger partial charge in [0.15, 0.2) is 0 Å². The Balaban J connectivity index is 1.66. The van der Waals surface area contributed by atoms with Gasteiger partial charge in [0, 0.05) is 11.3 Å². The highest BCUT2D eigenvalue weighted by Gasteiger charge is 2.36. The van der Waals surface area contributed by atoms with Crippen LogP contribution >= 0.6 is 0 Å². The number of hydrogen-bond donors (Lipinski definition) is 1. The average molecular weight is 426 g/mol. The third-order valence-corrected chi connectivity index (χ3v) is 5.39. The number of amides is 2. The zero-order valence-electron chi connectivity index (χ0n) is 17.2. The van der Waals surface area contributed by atoms with Gasteiger partial charge in [-0.05, 0) is 36.8 Å². The fourth-order valence-corrected chi connectivity index (χ4v) is 3.85. The third kappa shape index (κ3) is 3.54. The highest BCUT2D eigenvalue weighted by atomic mass is 19.1. The molecule has 3 aromatic carbocycles. The Morgan fingerprint density at radius 2 is 1.59 bits per heavy atom. The van der Waals surface area contributed by atoms with E-state index in [2.05, 4.69) is 15.5 Å². The standard InChI is InChI=1S/C25H19FN4O2/c1-16-21(24-28-23(29-32-24)18-8-4-2-5-9-18)22(17-12-14-19(26)15-13-17)27-25(31)30(16)20-10-6-3-7-11-20/h2-15,22H,1H3,(H,27,31). The molecule has 158 valence electrons. The molecule has 5 rings (SSSR count). The summed E-state index contributed by atoms with van der Waals surface area (Å²) < 4.78 is 19.2. The second-order valence-electron chi connectivity index (χ2n) is 7.39. The van der Waals surface area contributed by atoms with Gasteiger partial charge in [-0.2, -0.15) is 4.98 Å². The van der Waals surface area contributed by atoms with Gasteiger partial charge in [0.05, 0.1) is 17.3 Å². The van der Waals surface area contributed by atoms with E-state index in [4.69, 9.17) is 4.52 Å². The third-order valence-electron chi connectivity index (χ3n) is 5.39. The Kier molecular flexibility index (Phi) is 4.99. The van der Waals surface area contributed by atoms with Crippen LogP contribution in [0, 0.1) is 5.82 Å². The van der Waals surface area contributed by atoms with E-state index >= 15 is 0 Å². The van der Waals surface area contributed by atoms with E-state index in [1.807, 2.05) is 67.6 Å². The van der Waals surface area contributed by atoms with Gasteiger partial charge in [0.25, 0.3) is 5.89 Å². The summed E-state index contributed by atoms with van der Waals surface area (Å²) in [6, 6.07) is 23.9. The minimum atomic E-state index is -0.577. The van der Waals surface area contributed by atoms with Crippen LogP contribution in [0.3, 0.4) is 0 Å². The van der Waals surface area contributed by atoms with Gasteiger partial charge in [-0.15, -0.1) is 0 Å². The van der Waals surface area contributed by atoms with Crippen molar-refractivity contribution in [2.45, 2.75) is 13.0 Å². The average Bonchev–Trinajstić information content (AvgIpc) is 3.30. The number of nitrogens with one attached hydrogen (secondary N) is 1. The van der Waals surface area contributed by atoms with Crippen LogP contribution in [-0.4, -0.2) is 16.2 Å². The SMILES string of the molecule is CC1=C(c2nc(-c3ccccc3)no2)C(c2ccc(F)cc2)NC(=O)N1c1ccccc1. The Hall–Kier alpha value is -4.26. The quantitative estimate of drug-likeness (QED) is 0.463. The van der Waals surface area contributed by atoms with Gasteiger partial charge in [0.1, 0.15) is 5.82 Å². The van der Waals surface area contributed by atoms with Gasteiger partial charge in [0.2, 0.25) is 5.82 Å². The summed E-state index contributed by atoms with van der Waals surface area (Å²) in [5, 5.41) is 7.15. The molecule has 6 nitrogen and oxygen atoms in total. The van der Waals surface area contributed by atoms with Gasteiger partial charge in [-0.1, -0.05) is 65.8 Å². The molecule has 0 saturated carbocycles. The summed E-state index contributed by atoms with van der Waals surface area (Å²) >= 11 is 0. The largest absolute Gasteiger partial charge is 0.334 e. The number of hydrogen-bond acceptors (Lipinski definition) is 4. The Morgan fingerprint density at radius 1 is 0.938 bits per heavy atom. The van der Waals surface area contributed by atoms with Crippen molar-refractivity contribution in [2.75, 3.05) is 4.90 Å². The smallest absolute Gasteiger partial charge is 0.326 e. The first-order valence-electron chi connectivity index (χ1n) is 10.1. The molecule has 1 aliphatic rings. The van der Waals surface area contributed by atoms with E-state index in [0.29, 0.717) is 28.3 Å². The fourth-order valence-electron chi connectivity index (χ4n) is 3.85. The normalized spacial score (nSPS) is 16.2. The van der Waals surface area contributed by atoms with Gasteiger partial charge in [-0.3, -0.25) is 4.90 Å². The molecule has 0 fully saturated rings. The molecule has 1 atom stereocenters. The van der Waals surface area contributed by atoms with Crippen molar-refractivity contribution in [1.29, 1.82) is 0 Å². The van der Waals surface area contributed by atoms with Crippen molar-refractivity contribution in [1.82, 2.24) is 15.5 Å². The maximum atomic E-state index is 13.6. The van der Waals surface area contributed by atoms with E-state index in [-0.39, 0.29) is 17.7 Å². The topological polar surface area (TPSA) is 71.3 Å². The monoisotopic (exact) mass is 426 g/mol. The number of para-hydroxylation sites is 1. The van der Waals surface area contributed by atoms with Crippen LogP contribution in [0.5, 0.6) is 0 Å². The van der Waals surface area contributed by atoms with Gasteiger partial charge in [-0.25, -0.2) is 9.18 Å². The molecule has 4 aromatic rings. The number of halogens is 1. The number of benzene rings is 3. The molecular weight excluding hydrogens is 407 g/mol. The number of allylic oxidation sites excluding steroid dienone is 1. The molecule has 2 amide bonds.